The maximum Gasteiger partial charge on any atom is 0.341 e. The van der Waals surface area contributed by atoms with Gasteiger partial charge < -0.3 is 38.5 Å². The lowest BCUT2D eigenvalue weighted by Gasteiger charge is -2.19. The molecule has 1 amide bonds. The average molecular weight is 615 g/mol. The number of carbonyl (C=O) groups excluding carboxylic acids is 2. The number of carbonyl (C=O) groups is 2. The number of anilines is 1. The van der Waals surface area contributed by atoms with Crippen LogP contribution in [0.15, 0.2) is 48.5 Å². The van der Waals surface area contributed by atoms with Gasteiger partial charge in [-0.3, -0.25) is 4.79 Å². The van der Waals surface area contributed by atoms with Gasteiger partial charge in [-0.25, -0.2) is 4.79 Å². The summed E-state index contributed by atoms with van der Waals surface area (Å²) in [6.45, 7) is -0.391. The van der Waals surface area contributed by atoms with Gasteiger partial charge in [-0.05, 0) is 42.5 Å². The Morgan fingerprint density at radius 3 is 2.08 bits per heavy atom. The van der Waals surface area contributed by atoms with Crippen molar-refractivity contribution >= 4 is 52.4 Å². The van der Waals surface area contributed by atoms with E-state index in [4.69, 9.17) is 68.0 Å². The molecule has 3 aromatic rings. The summed E-state index contributed by atoms with van der Waals surface area (Å²) in [7, 11) is 4.07. The van der Waals surface area contributed by atoms with Crippen LogP contribution in [0.25, 0.3) is 0 Å². The number of ether oxygens (including phenoxy) is 7. The highest BCUT2D eigenvalue weighted by Gasteiger charge is 2.23. The number of esters is 1. The van der Waals surface area contributed by atoms with E-state index in [2.05, 4.69) is 5.32 Å². The third kappa shape index (κ3) is 8.54. The van der Waals surface area contributed by atoms with E-state index in [1.54, 1.807) is 36.4 Å². The highest BCUT2D eigenvalue weighted by molar-refractivity contribution is 6.35. The van der Waals surface area contributed by atoms with Crippen molar-refractivity contribution in [1.29, 1.82) is 0 Å². The molecule has 10 nitrogen and oxygen atoms in total. The summed E-state index contributed by atoms with van der Waals surface area (Å²) < 4.78 is 37.6. The fourth-order valence-corrected chi connectivity index (χ4v) is 3.88. The molecule has 0 spiro atoms. The molecule has 40 heavy (non-hydrogen) atoms. The van der Waals surface area contributed by atoms with Gasteiger partial charge in [0.15, 0.2) is 30.8 Å². The molecule has 214 valence electrons. The summed E-state index contributed by atoms with van der Waals surface area (Å²) in [5, 5.41) is 3.87. The van der Waals surface area contributed by atoms with Gasteiger partial charge >= 0.3 is 5.97 Å². The van der Waals surface area contributed by atoms with Crippen LogP contribution in [0.5, 0.6) is 28.7 Å². The Labute approximate surface area is 245 Å². The molecule has 0 unspecified atom stereocenters. The third-order valence-corrected chi connectivity index (χ3v) is 5.81. The van der Waals surface area contributed by atoms with E-state index in [-0.39, 0.29) is 55.1 Å². The molecule has 0 atom stereocenters. The molecule has 3 rings (SSSR count). The van der Waals surface area contributed by atoms with Crippen LogP contribution in [0.1, 0.15) is 16.8 Å². The molecular weight excluding hydrogens is 589 g/mol. The van der Waals surface area contributed by atoms with Crippen molar-refractivity contribution < 1.29 is 42.7 Å². The highest BCUT2D eigenvalue weighted by Crippen LogP contribution is 2.40. The lowest BCUT2D eigenvalue weighted by Crippen LogP contribution is -2.19. The second-order valence-electron chi connectivity index (χ2n) is 7.82. The van der Waals surface area contributed by atoms with E-state index in [0.29, 0.717) is 26.6 Å². The molecule has 0 aliphatic carbocycles. The third-order valence-electron chi connectivity index (χ3n) is 5.05. The van der Waals surface area contributed by atoms with E-state index >= 15 is 0 Å². The molecule has 0 aromatic heterocycles. The van der Waals surface area contributed by atoms with Crippen LogP contribution >= 0.6 is 34.8 Å². The largest absolute Gasteiger partial charge is 0.489 e. The number of hydrogen-bond donors (Lipinski definition) is 1. The second-order valence-corrected chi connectivity index (χ2v) is 9.10. The minimum absolute atomic E-state index is 0.00180. The number of nitrogens with one attached hydrogen (secondary N) is 1. The number of halogens is 3. The van der Waals surface area contributed by atoms with Crippen molar-refractivity contribution in [1.82, 2.24) is 0 Å². The first kappa shape index (κ1) is 31.1. The molecular formula is C27H26Cl3NO9. The first-order valence-electron chi connectivity index (χ1n) is 11.6. The molecule has 13 heteroatoms. The lowest BCUT2D eigenvalue weighted by atomic mass is 10.1. The highest BCUT2D eigenvalue weighted by atomic mass is 35.5. The number of benzene rings is 3. The molecule has 0 bridgehead atoms. The monoisotopic (exact) mass is 613 g/mol. The smallest absolute Gasteiger partial charge is 0.341 e. The Hall–Kier alpha value is -3.41. The maximum absolute atomic E-state index is 13.0. The molecule has 1 N–H and O–H groups in total. The quantitative estimate of drug-likeness (QED) is 0.159. The van der Waals surface area contributed by atoms with Crippen molar-refractivity contribution in [3.63, 3.8) is 0 Å². The Morgan fingerprint density at radius 2 is 1.40 bits per heavy atom. The van der Waals surface area contributed by atoms with Crippen LogP contribution in [-0.4, -0.2) is 53.4 Å². The zero-order valence-corrected chi connectivity index (χ0v) is 24.0. The molecule has 0 fully saturated rings. The fraction of sp³-hybridized carbons (Fsp3) is 0.259. The summed E-state index contributed by atoms with van der Waals surface area (Å²) in [4.78, 5) is 25.3. The molecule has 0 aliphatic rings. The Bertz CT molecular complexity index is 1340. The van der Waals surface area contributed by atoms with E-state index in [9.17, 15) is 9.59 Å². The lowest BCUT2D eigenvalue weighted by molar-refractivity contribution is -0.116. The molecule has 3 aromatic carbocycles. The van der Waals surface area contributed by atoms with Crippen molar-refractivity contribution in [2.75, 3.05) is 46.8 Å². The number of methoxy groups -OCH3 is 3. The molecule has 0 radical (unpaired) electrons. The van der Waals surface area contributed by atoms with Crippen LogP contribution in [-0.2, 0) is 19.0 Å². The zero-order valence-electron chi connectivity index (χ0n) is 21.8. The van der Waals surface area contributed by atoms with Crippen LogP contribution < -0.4 is 24.3 Å². The fourth-order valence-electron chi connectivity index (χ4n) is 3.28. The average Bonchev–Trinajstić information content (AvgIpc) is 2.93. The summed E-state index contributed by atoms with van der Waals surface area (Å²) >= 11 is 18.3. The summed E-state index contributed by atoms with van der Waals surface area (Å²) in [5.74, 6) is 0.00248. The molecule has 0 saturated heterocycles. The number of hydrogen-bond acceptors (Lipinski definition) is 9. The van der Waals surface area contributed by atoms with Gasteiger partial charge in [-0.1, -0.05) is 34.8 Å². The van der Waals surface area contributed by atoms with Crippen molar-refractivity contribution in [3.8, 4) is 28.7 Å². The molecule has 0 heterocycles. The predicted molar refractivity (Wildman–Crippen MR) is 150 cm³/mol. The first-order valence-corrected chi connectivity index (χ1v) is 12.7. The normalized spacial score (nSPS) is 10.6. The zero-order chi connectivity index (χ0) is 29.1. The first-order chi connectivity index (χ1) is 19.3. The van der Waals surface area contributed by atoms with E-state index in [1.807, 2.05) is 0 Å². The van der Waals surface area contributed by atoms with Gasteiger partial charge in [0.25, 0.3) is 0 Å². The number of rotatable bonds is 14. The maximum atomic E-state index is 13.0. The minimum atomic E-state index is -0.683. The van der Waals surface area contributed by atoms with Crippen molar-refractivity contribution in [2.24, 2.45) is 0 Å². The Balaban J connectivity index is 1.77. The second kappa shape index (κ2) is 15.4. The van der Waals surface area contributed by atoms with Gasteiger partial charge in [0.1, 0.15) is 22.7 Å². The van der Waals surface area contributed by atoms with Gasteiger partial charge in [0.05, 0.1) is 25.2 Å². The summed E-state index contributed by atoms with van der Waals surface area (Å²) in [6, 6.07) is 12.5. The van der Waals surface area contributed by atoms with Crippen LogP contribution in [0.3, 0.4) is 0 Å². The predicted octanol–water partition coefficient (Wildman–Crippen LogP) is 6.60. The molecule has 0 saturated carbocycles. The van der Waals surface area contributed by atoms with E-state index in [1.165, 1.54) is 33.5 Å². The standard InChI is InChI=1S/C27H26Cl3NO9/c1-34-14-38-22-9-6-18(27(33)36-3)26(39-15-35-2)25(22)31-24(32)10-11-37-23-13-17(29)5-8-21(23)40-20-7-4-16(28)12-19(20)30/h4-9,12-13H,10-11,14-15H2,1-3H3,(H,31,32). The van der Waals surface area contributed by atoms with Crippen LogP contribution in [0.2, 0.25) is 15.1 Å². The van der Waals surface area contributed by atoms with Gasteiger partial charge in [-0.2, -0.15) is 0 Å². The van der Waals surface area contributed by atoms with Gasteiger partial charge in [-0.15, -0.1) is 0 Å². The number of amides is 1. The van der Waals surface area contributed by atoms with E-state index < -0.39 is 11.9 Å². The Morgan fingerprint density at radius 1 is 0.750 bits per heavy atom. The SMILES string of the molecule is COCOc1ccc(C(=O)OC)c(OCOC)c1NC(=O)CCOc1cc(Cl)ccc1Oc1ccc(Cl)cc1Cl. The van der Waals surface area contributed by atoms with Crippen LogP contribution in [0, 0.1) is 0 Å². The topological polar surface area (TPSA) is 111 Å². The molecule has 0 aliphatic heterocycles. The van der Waals surface area contributed by atoms with Gasteiger partial charge in [0, 0.05) is 30.3 Å². The minimum Gasteiger partial charge on any atom is -0.489 e. The summed E-state index contributed by atoms with van der Waals surface area (Å²) in [6.07, 6.45) is -0.108. The van der Waals surface area contributed by atoms with Gasteiger partial charge in [0.2, 0.25) is 5.91 Å². The van der Waals surface area contributed by atoms with Crippen molar-refractivity contribution in [2.45, 2.75) is 6.42 Å². The van der Waals surface area contributed by atoms with Crippen molar-refractivity contribution in [3.05, 3.63) is 69.2 Å². The Kier molecular flexibility index (Phi) is 12.0. The summed E-state index contributed by atoms with van der Waals surface area (Å²) in [5.41, 5.74) is 0.142. The van der Waals surface area contributed by atoms with Crippen LogP contribution in [0.4, 0.5) is 5.69 Å². The van der Waals surface area contributed by atoms with E-state index in [0.717, 1.165) is 0 Å².